The molecule has 6 heteroatoms. The first-order chi connectivity index (χ1) is 9.63. The first-order valence-electron chi connectivity index (χ1n) is 6.35. The summed E-state index contributed by atoms with van der Waals surface area (Å²) in [5.41, 5.74) is 0.904. The Kier molecular flexibility index (Phi) is 5.31. The number of thiophene rings is 1. The van der Waals surface area contributed by atoms with Gasteiger partial charge >= 0.3 is 0 Å². The van der Waals surface area contributed by atoms with Crippen LogP contribution in [0.5, 0.6) is 0 Å². The quantitative estimate of drug-likeness (QED) is 0.826. The van der Waals surface area contributed by atoms with Crippen LogP contribution in [-0.4, -0.2) is 20.1 Å². The number of nitrogens with one attached hydrogen (secondary N) is 1. The van der Waals surface area contributed by atoms with Crippen molar-refractivity contribution in [1.82, 2.24) is 4.72 Å². The number of hydrogen-bond donors (Lipinski definition) is 2. The molecule has 2 rings (SSSR count). The molecule has 0 bridgehead atoms. The highest BCUT2D eigenvalue weighted by molar-refractivity contribution is 7.91. The smallest absolute Gasteiger partial charge is 0.250 e. The van der Waals surface area contributed by atoms with Gasteiger partial charge in [-0.3, -0.25) is 0 Å². The summed E-state index contributed by atoms with van der Waals surface area (Å²) < 4.78 is 27.6. The summed E-state index contributed by atoms with van der Waals surface area (Å²) in [5, 5.41) is 10.7. The van der Waals surface area contributed by atoms with Crippen LogP contribution in [-0.2, 0) is 10.0 Å². The van der Waals surface area contributed by atoms with Gasteiger partial charge in [-0.25, -0.2) is 13.1 Å². The van der Waals surface area contributed by atoms with E-state index in [2.05, 4.69) is 4.72 Å². The van der Waals surface area contributed by atoms with Gasteiger partial charge in [0.25, 0.3) is 10.0 Å². The molecule has 0 aliphatic heterocycles. The van der Waals surface area contributed by atoms with E-state index in [4.69, 9.17) is 5.11 Å². The van der Waals surface area contributed by atoms with E-state index in [9.17, 15) is 8.42 Å². The Bertz CT molecular complexity index is 609. The summed E-state index contributed by atoms with van der Waals surface area (Å²) in [6.45, 7) is 0.0457. The second-order valence-electron chi connectivity index (χ2n) is 4.38. The van der Waals surface area contributed by atoms with E-state index in [0.29, 0.717) is 17.1 Å². The second-order valence-corrected chi connectivity index (χ2v) is 7.27. The highest BCUT2D eigenvalue weighted by atomic mass is 32.2. The molecule has 2 aromatic rings. The Balaban J connectivity index is 2.20. The minimum Gasteiger partial charge on any atom is -0.396 e. The Morgan fingerprint density at radius 1 is 1.15 bits per heavy atom. The van der Waals surface area contributed by atoms with E-state index < -0.39 is 10.0 Å². The van der Waals surface area contributed by atoms with Crippen molar-refractivity contribution in [2.24, 2.45) is 0 Å². The monoisotopic (exact) mass is 311 g/mol. The van der Waals surface area contributed by atoms with Crippen molar-refractivity contribution in [3.63, 3.8) is 0 Å². The van der Waals surface area contributed by atoms with Crippen LogP contribution in [0.2, 0.25) is 0 Å². The fourth-order valence-corrected chi connectivity index (χ4v) is 4.20. The summed E-state index contributed by atoms with van der Waals surface area (Å²) >= 11 is 1.19. The number of rotatable bonds is 7. The van der Waals surface area contributed by atoms with Gasteiger partial charge < -0.3 is 5.11 Å². The summed E-state index contributed by atoms with van der Waals surface area (Å²) in [6.07, 6.45) is 1.11. The first kappa shape index (κ1) is 15.2. The van der Waals surface area contributed by atoms with Gasteiger partial charge in [-0.2, -0.15) is 0 Å². The van der Waals surface area contributed by atoms with E-state index >= 15 is 0 Å². The Morgan fingerprint density at radius 2 is 1.90 bits per heavy atom. The third-order valence-electron chi connectivity index (χ3n) is 2.91. The molecule has 1 aromatic heterocycles. The molecule has 108 valence electrons. The summed E-state index contributed by atoms with van der Waals surface area (Å²) in [7, 11) is -3.51. The summed E-state index contributed by atoms with van der Waals surface area (Å²) in [4.78, 5) is 0. The number of benzene rings is 1. The molecule has 0 saturated heterocycles. The molecule has 0 amide bonds. The van der Waals surface area contributed by atoms with Crippen LogP contribution in [0, 0.1) is 0 Å². The van der Waals surface area contributed by atoms with Crippen LogP contribution in [0.15, 0.2) is 52.1 Å². The molecule has 1 atom stereocenters. The molecule has 1 aromatic carbocycles. The van der Waals surface area contributed by atoms with Crippen LogP contribution < -0.4 is 4.72 Å². The average Bonchev–Trinajstić information content (AvgIpc) is 2.99. The lowest BCUT2D eigenvalue weighted by Crippen LogP contribution is -2.28. The molecule has 4 nitrogen and oxygen atoms in total. The van der Waals surface area contributed by atoms with E-state index in [1.165, 1.54) is 11.3 Å². The summed E-state index contributed by atoms with van der Waals surface area (Å²) in [6, 6.07) is 12.4. The molecule has 0 aliphatic rings. The first-order valence-corrected chi connectivity index (χ1v) is 8.71. The largest absolute Gasteiger partial charge is 0.396 e. The highest BCUT2D eigenvalue weighted by Crippen LogP contribution is 2.23. The molecule has 20 heavy (non-hydrogen) atoms. The zero-order chi connectivity index (χ0) is 14.4. The van der Waals surface area contributed by atoms with Crippen molar-refractivity contribution in [3.8, 4) is 0 Å². The van der Waals surface area contributed by atoms with E-state index in [1.807, 2.05) is 30.3 Å². The number of aliphatic hydroxyl groups is 1. The molecule has 0 aliphatic carbocycles. The lowest BCUT2D eigenvalue weighted by molar-refractivity contribution is 0.278. The van der Waals surface area contributed by atoms with Gasteiger partial charge in [-0.15, -0.1) is 11.3 Å². The van der Waals surface area contributed by atoms with E-state index in [-0.39, 0.29) is 12.6 Å². The third-order valence-corrected chi connectivity index (χ3v) is 5.78. The maximum absolute atomic E-state index is 12.3. The number of aliphatic hydroxyl groups excluding tert-OH is 1. The van der Waals surface area contributed by atoms with Gasteiger partial charge in [0, 0.05) is 12.6 Å². The fourth-order valence-electron chi connectivity index (χ4n) is 1.94. The maximum Gasteiger partial charge on any atom is 0.250 e. The van der Waals surface area contributed by atoms with Crippen LogP contribution in [0.4, 0.5) is 0 Å². The normalized spacial score (nSPS) is 13.2. The molecular formula is C14H17NO3S2. The van der Waals surface area contributed by atoms with Crippen molar-refractivity contribution in [2.75, 3.05) is 6.61 Å². The molecule has 0 spiro atoms. The maximum atomic E-state index is 12.3. The SMILES string of the molecule is O=S(=O)(NC(CCCO)c1ccccc1)c1cccs1. The fraction of sp³-hybridized carbons (Fsp3) is 0.286. The van der Waals surface area contributed by atoms with Gasteiger partial charge in [0.1, 0.15) is 4.21 Å². The van der Waals surface area contributed by atoms with Gasteiger partial charge in [-0.05, 0) is 29.9 Å². The third kappa shape index (κ3) is 3.89. The average molecular weight is 311 g/mol. The molecular weight excluding hydrogens is 294 g/mol. The standard InChI is InChI=1S/C14H17NO3S2/c16-10-4-8-13(12-6-2-1-3-7-12)15-20(17,18)14-9-5-11-19-14/h1-3,5-7,9,11,13,15-16H,4,8,10H2. The zero-order valence-corrected chi connectivity index (χ0v) is 12.5. The summed E-state index contributed by atoms with van der Waals surface area (Å²) in [5.74, 6) is 0. The highest BCUT2D eigenvalue weighted by Gasteiger charge is 2.21. The van der Waals surface area contributed by atoms with Crippen molar-refractivity contribution < 1.29 is 13.5 Å². The van der Waals surface area contributed by atoms with E-state index in [0.717, 1.165) is 5.56 Å². The topological polar surface area (TPSA) is 66.4 Å². The predicted molar refractivity (Wildman–Crippen MR) is 80.1 cm³/mol. The predicted octanol–water partition coefficient (Wildman–Crippen LogP) is 2.54. The number of hydrogen-bond acceptors (Lipinski definition) is 4. The van der Waals surface area contributed by atoms with Gasteiger partial charge in [0.15, 0.2) is 0 Å². The minimum absolute atomic E-state index is 0.0457. The second kappa shape index (κ2) is 6.99. The Labute approximate surface area is 123 Å². The minimum atomic E-state index is -3.51. The van der Waals surface area contributed by atoms with Gasteiger partial charge in [0.05, 0.1) is 0 Å². The van der Waals surface area contributed by atoms with Gasteiger partial charge in [-0.1, -0.05) is 36.4 Å². The molecule has 0 radical (unpaired) electrons. The lowest BCUT2D eigenvalue weighted by Gasteiger charge is -2.18. The van der Waals surface area contributed by atoms with Crippen LogP contribution in [0.1, 0.15) is 24.4 Å². The molecule has 0 fully saturated rings. The lowest BCUT2D eigenvalue weighted by atomic mass is 10.0. The Hall–Kier alpha value is -1.21. The molecule has 1 heterocycles. The van der Waals surface area contributed by atoms with Crippen LogP contribution >= 0.6 is 11.3 Å². The van der Waals surface area contributed by atoms with Gasteiger partial charge in [0.2, 0.25) is 0 Å². The number of sulfonamides is 1. The molecule has 1 unspecified atom stereocenters. The molecule has 0 saturated carbocycles. The van der Waals surface area contributed by atoms with Crippen molar-refractivity contribution in [1.29, 1.82) is 0 Å². The van der Waals surface area contributed by atoms with Crippen LogP contribution in [0.25, 0.3) is 0 Å². The zero-order valence-electron chi connectivity index (χ0n) is 10.9. The Morgan fingerprint density at radius 3 is 2.50 bits per heavy atom. The van der Waals surface area contributed by atoms with Crippen LogP contribution in [0.3, 0.4) is 0 Å². The van der Waals surface area contributed by atoms with Crippen molar-refractivity contribution in [2.45, 2.75) is 23.1 Å². The van der Waals surface area contributed by atoms with Crippen molar-refractivity contribution in [3.05, 3.63) is 53.4 Å². The molecule has 2 N–H and O–H groups in total. The van der Waals surface area contributed by atoms with Crippen molar-refractivity contribution >= 4 is 21.4 Å². The van der Waals surface area contributed by atoms with E-state index in [1.54, 1.807) is 17.5 Å².